The molecule has 1 aromatic rings. The summed E-state index contributed by atoms with van der Waals surface area (Å²) in [6, 6.07) is 4.34. The lowest BCUT2D eigenvalue weighted by molar-refractivity contribution is -0.383. The molecule has 0 bridgehead atoms. The highest BCUT2D eigenvalue weighted by Crippen LogP contribution is 2.28. The van der Waals surface area contributed by atoms with Crippen molar-refractivity contribution in [3.05, 3.63) is 22.9 Å². The zero-order valence-electron chi connectivity index (χ0n) is 12.3. The lowest BCUT2D eigenvalue weighted by Crippen LogP contribution is -2.40. The molecule has 4 heteroatoms. The quantitative estimate of drug-likeness (QED) is 0.787. The van der Waals surface area contributed by atoms with E-state index in [4.69, 9.17) is 4.74 Å². The van der Waals surface area contributed by atoms with Gasteiger partial charge in [-0.15, -0.1) is 0 Å². The van der Waals surface area contributed by atoms with E-state index in [0.717, 1.165) is 36.5 Å². The zero-order chi connectivity index (χ0) is 14.2. The fourth-order valence-electron chi connectivity index (χ4n) is 3.11. The highest BCUT2D eigenvalue weighted by atomic mass is 16.5. The van der Waals surface area contributed by atoms with Gasteiger partial charge >= 0.3 is 0 Å². The number of H-pyrrole nitrogens is 1. The van der Waals surface area contributed by atoms with Crippen LogP contribution in [0.3, 0.4) is 0 Å². The van der Waals surface area contributed by atoms with E-state index in [2.05, 4.69) is 29.8 Å². The number of rotatable bonds is 1. The number of hydrogen-bond donors (Lipinski definition) is 0. The van der Waals surface area contributed by atoms with E-state index in [9.17, 15) is 5.26 Å². The fraction of sp³-hybridized carbons (Fsp3) is 0.625. The minimum atomic E-state index is -0.128. The number of anilines is 1. The van der Waals surface area contributed by atoms with Crippen molar-refractivity contribution in [3.63, 3.8) is 0 Å². The van der Waals surface area contributed by atoms with Gasteiger partial charge in [-0.1, -0.05) is 0 Å². The molecule has 1 fully saturated rings. The van der Waals surface area contributed by atoms with Crippen LogP contribution in [-0.4, -0.2) is 18.7 Å². The van der Waals surface area contributed by atoms with Crippen molar-refractivity contribution < 1.29 is 9.72 Å². The Morgan fingerprint density at radius 1 is 1.30 bits per heavy atom. The number of piperidine rings is 1. The molecule has 0 spiro atoms. The number of ether oxygens (including phenoxy) is 1. The van der Waals surface area contributed by atoms with Crippen LogP contribution in [0.4, 0.5) is 5.82 Å². The Labute approximate surface area is 120 Å². The van der Waals surface area contributed by atoms with Crippen molar-refractivity contribution in [2.75, 3.05) is 18.0 Å². The largest absolute Gasteiger partial charge is 0.370 e. The first-order chi connectivity index (χ1) is 9.59. The number of nitrogens with zero attached hydrogens (tertiary/aromatic N) is 2. The van der Waals surface area contributed by atoms with E-state index >= 15 is 0 Å². The molecule has 3 rings (SSSR count). The summed E-state index contributed by atoms with van der Waals surface area (Å²) in [5, 5.41) is 9.42. The number of aromatic amines is 1. The summed E-state index contributed by atoms with van der Waals surface area (Å²) in [6.07, 6.45) is 4.59. The molecule has 0 aliphatic carbocycles. The van der Waals surface area contributed by atoms with Crippen LogP contribution >= 0.6 is 0 Å². The maximum atomic E-state index is 9.42. The average molecular weight is 272 g/mol. The molecule has 0 radical (unpaired) electrons. The van der Waals surface area contributed by atoms with Gasteiger partial charge in [-0.3, -0.25) is 4.90 Å². The number of aromatic nitrogens is 1. The highest BCUT2D eigenvalue weighted by Gasteiger charge is 2.32. The summed E-state index contributed by atoms with van der Waals surface area (Å²) in [4.78, 5) is 5.86. The van der Waals surface area contributed by atoms with Gasteiger partial charge in [0.1, 0.15) is 17.3 Å². The number of hydrogen-bond acceptors (Lipinski definition) is 3. The second-order valence-corrected chi connectivity index (χ2v) is 6.42. The Balaban J connectivity index is 1.99. The van der Waals surface area contributed by atoms with Crippen molar-refractivity contribution >= 4 is 5.82 Å². The van der Waals surface area contributed by atoms with Crippen molar-refractivity contribution in [2.24, 2.45) is 0 Å². The summed E-state index contributed by atoms with van der Waals surface area (Å²) >= 11 is 0. The minimum absolute atomic E-state index is 0.128. The molecule has 0 amide bonds. The lowest BCUT2D eigenvalue weighted by Gasteiger charge is -2.31. The van der Waals surface area contributed by atoms with Crippen LogP contribution in [0.1, 0.15) is 49.9 Å². The Hall–Kier alpha value is -1.60. The van der Waals surface area contributed by atoms with E-state index < -0.39 is 0 Å². The van der Waals surface area contributed by atoms with Crippen LogP contribution in [0.25, 0.3) is 0 Å². The molecular formula is C16H22N3O+. The van der Waals surface area contributed by atoms with Crippen molar-refractivity contribution in [3.8, 4) is 6.07 Å². The normalized spacial score (nSPS) is 21.1. The molecule has 1 aromatic heterocycles. The first-order valence-electron chi connectivity index (χ1n) is 7.46. The van der Waals surface area contributed by atoms with Crippen LogP contribution < -0.4 is 9.88 Å². The van der Waals surface area contributed by atoms with E-state index in [0.29, 0.717) is 6.61 Å². The van der Waals surface area contributed by atoms with Crippen LogP contribution in [0.15, 0.2) is 6.07 Å². The summed E-state index contributed by atoms with van der Waals surface area (Å²) in [5.74, 6) is 1.00. The van der Waals surface area contributed by atoms with E-state index in [-0.39, 0.29) is 5.60 Å². The summed E-state index contributed by atoms with van der Waals surface area (Å²) < 4.78 is 5.83. The maximum absolute atomic E-state index is 9.42. The SMILES string of the molecule is CC1(C)Cc2[nH+]c(N3CCCCC3)c(C#N)cc2CO1. The maximum Gasteiger partial charge on any atom is 0.292 e. The van der Waals surface area contributed by atoms with Crippen molar-refractivity contribution in [2.45, 2.75) is 51.7 Å². The van der Waals surface area contributed by atoms with Gasteiger partial charge in [0, 0.05) is 12.0 Å². The number of nitrogens with one attached hydrogen (secondary N) is 1. The number of fused-ring (bicyclic) bond motifs is 1. The van der Waals surface area contributed by atoms with Crippen LogP contribution in [0, 0.1) is 11.3 Å². The minimum Gasteiger partial charge on any atom is -0.370 e. The predicted octanol–water partition coefficient (Wildman–Crippen LogP) is 2.21. The third-order valence-corrected chi connectivity index (χ3v) is 4.24. The Bertz CT molecular complexity index is 554. The molecule has 2 aliphatic heterocycles. The molecule has 2 aliphatic rings. The van der Waals surface area contributed by atoms with Gasteiger partial charge in [0.05, 0.1) is 25.3 Å². The van der Waals surface area contributed by atoms with Crippen molar-refractivity contribution in [1.29, 1.82) is 5.26 Å². The third-order valence-electron chi connectivity index (χ3n) is 4.24. The molecule has 0 aromatic carbocycles. The highest BCUT2D eigenvalue weighted by molar-refractivity contribution is 5.52. The summed E-state index contributed by atoms with van der Waals surface area (Å²) in [6.45, 7) is 6.91. The van der Waals surface area contributed by atoms with Gasteiger partial charge in [-0.05, 0) is 39.2 Å². The average Bonchev–Trinajstić information content (AvgIpc) is 2.46. The second kappa shape index (κ2) is 5.06. The first-order valence-corrected chi connectivity index (χ1v) is 7.46. The summed E-state index contributed by atoms with van der Waals surface area (Å²) in [5.41, 5.74) is 2.97. The van der Waals surface area contributed by atoms with Gasteiger partial charge in [0.15, 0.2) is 0 Å². The lowest BCUT2D eigenvalue weighted by atomic mass is 9.95. The Morgan fingerprint density at radius 3 is 2.75 bits per heavy atom. The molecule has 0 saturated carbocycles. The van der Waals surface area contributed by atoms with E-state index in [1.54, 1.807) is 0 Å². The Kier molecular flexibility index (Phi) is 3.39. The zero-order valence-corrected chi connectivity index (χ0v) is 12.3. The number of pyridine rings is 1. The standard InChI is InChI=1S/C16H21N3O/c1-16(2)9-14-13(11-20-16)8-12(10-17)15(18-14)19-6-4-3-5-7-19/h8H,3-7,9,11H2,1-2H3/p+1. The smallest absolute Gasteiger partial charge is 0.292 e. The summed E-state index contributed by atoms with van der Waals surface area (Å²) in [7, 11) is 0. The van der Waals surface area contributed by atoms with Gasteiger partial charge in [-0.25, -0.2) is 4.98 Å². The van der Waals surface area contributed by atoms with Crippen LogP contribution in [0.5, 0.6) is 0 Å². The molecule has 0 unspecified atom stereocenters. The molecule has 106 valence electrons. The first kappa shape index (κ1) is 13.4. The van der Waals surface area contributed by atoms with Crippen molar-refractivity contribution in [1.82, 2.24) is 0 Å². The van der Waals surface area contributed by atoms with E-state index in [1.807, 2.05) is 6.07 Å². The van der Waals surface area contributed by atoms with Gasteiger partial charge in [0.25, 0.3) is 5.82 Å². The van der Waals surface area contributed by atoms with Gasteiger partial charge < -0.3 is 4.74 Å². The fourth-order valence-corrected chi connectivity index (χ4v) is 3.11. The number of nitriles is 1. The van der Waals surface area contributed by atoms with E-state index in [1.165, 1.54) is 25.0 Å². The van der Waals surface area contributed by atoms with Gasteiger partial charge in [0.2, 0.25) is 0 Å². The second-order valence-electron chi connectivity index (χ2n) is 6.42. The monoisotopic (exact) mass is 272 g/mol. The Morgan fingerprint density at radius 2 is 2.05 bits per heavy atom. The predicted molar refractivity (Wildman–Crippen MR) is 76.3 cm³/mol. The third kappa shape index (κ3) is 2.51. The molecule has 1 N–H and O–H groups in total. The topological polar surface area (TPSA) is 50.4 Å². The molecular weight excluding hydrogens is 250 g/mol. The van der Waals surface area contributed by atoms with Crippen LogP contribution in [-0.2, 0) is 17.8 Å². The molecule has 20 heavy (non-hydrogen) atoms. The van der Waals surface area contributed by atoms with Crippen LogP contribution in [0.2, 0.25) is 0 Å². The molecule has 4 nitrogen and oxygen atoms in total. The molecule has 0 atom stereocenters. The van der Waals surface area contributed by atoms with Gasteiger partial charge in [-0.2, -0.15) is 5.26 Å². The molecule has 3 heterocycles. The molecule has 1 saturated heterocycles.